The lowest BCUT2D eigenvalue weighted by molar-refractivity contribution is -0.138. The number of hydrogen-bond donors (Lipinski definition) is 2. The molecular formula is C22H29N5O4. The number of benzene rings is 1. The number of fused-ring (bicyclic) bond motifs is 1. The van der Waals surface area contributed by atoms with Crippen LogP contribution in [0.4, 0.5) is 0 Å². The molecule has 9 heteroatoms. The zero-order valence-corrected chi connectivity index (χ0v) is 17.3. The van der Waals surface area contributed by atoms with E-state index in [9.17, 15) is 9.59 Å². The summed E-state index contributed by atoms with van der Waals surface area (Å²) in [5, 5.41) is 15.8. The summed E-state index contributed by atoms with van der Waals surface area (Å²) in [6.07, 6.45) is -0.189. The van der Waals surface area contributed by atoms with E-state index in [1.54, 1.807) is 19.1 Å². The van der Waals surface area contributed by atoms with Crippen LogP contribution in [0.15, 0.2) is 24.3 Å². The first-order valence-corrected chi connectivity index (χ1v) is 10.5. The van der Waals surface area contributed by atoms with E-state index in [4.69, 9.17) is 16.3 Å². The van der Waals surface area contributed by atoms with Gasteiger partial charge in [-0.05, 0) is 69.0 Å². The van der Waals surface area contributed by atoms with Crippen molar-refractivity contribution >= 4 is 11.9 Å². The molecule has 1 aromatic heterocycles. The molecule has 166 valence electrons. The third kappa shape index (κ3) is 5.28. The summed E-state index contributed by atoms with van der Waals surface area (Å²) in [5.74, 6) is -2.70. The number of piperidine rings is 1. The Balaban J connectivity index is 1.50. The highest BCUT2D eigenvalue weighted by Crippen LogP contribution is 2.40. The lowest BCUT2D eigenvalue weighted by Gasteiger charge is -2.42. The van der Waals surface area contributed by atoms with E-state index in [0.29, 0.717) is 19.3 Å². The number of aromatic amines is 1. The first kappa shape index (κ1) is 15.9. The lowest BCUT2D eigenvalue weighted by atomic mass is 9.69. The molecule has 1 aliphatic heterocycles. The molecule has 0 bridgehead atoms. The van der Waals surface area contributed by atoms with Gasteiger partial charge in [-0.15, -0.1) is 10.2 Å². The van der Waals surface area contributed by atoms with E-state index in [2.05, 4.69) is 25.9 Å². The number of rotatable bonds is 7. The summed E-state index contributed by atoms with van der Waals surface area (Å²) in [4.78, 5) is 25.4. The molecule has 9 nitrogen and oxygen atoms in total. The molecule has 2 aliphatic rings. The Labute approximate surface area is 188 Å². The number of tetrazole rings is 1. The molecule has 4 atom stereocenters. The smallest absolute Gasteiger partial charge is 0.341 e. The summed E-state index contributed by atoms with van der Waals surface area (Å²) in [6, 6.07) is 3.95. The molecule has 31 heavy (non-hydrogen) atoms. The van der Waals surface area contributed by atoms with Crippen LogP contribution >= 0.6 is 0 Å². The van der Waals surface area contributed by atoms with Crippen molar-refractivity contribution in [1.82, 2.24) is 25.9 Å². The van der Waals surface area contributed by atoms with Gasteiger partial charge in [-0.2, -0.15) is 5.21 Å². The number of H-pyrrole nitrogens is 1. The molecule has 1 aromatic carbocycles. The number of aromatic nitrogens is 4. The fourth-order valence-electron chi connectivity index (χ4n) is 4.16. The highest BCUT2D eigenvalue weighted by Gasteiger charge is 2.38. The SMILES string of the molecule is [2H]C([2H])(C[C@H]1CC[C@@H]2[C@H](C1)C[C@@]([2H])(C(=O)Oc1ccccc1C(=O)OCC)NC2([2H])[2H])c1nn[nH]n1. The quantitative estimate of drug-likeness (QED) is 0.505. The maximum absolute atomic E-state index is 13.2. The maximum Gasteiger partial charge on any atom is 0.341 e. The van der Waals surface area contributed by atoms with Crippen LogP contribution in [0.25, 0.3) is 0 Å². The fraction of sp³-hybridized carbons (Fsp3) is 0.591. The Bertz CT molecular complexity index is 1100. The van der Waals surface area contributed by atoms with Crippen LogP contribution in [-0.2, 0) is 15.9 Å². The van der Waals surface area contributed by atoms with Crippen molar-refractivity contribution in [3.8, 4) is 5.75 Å². The number of nitrogens with zero attached hydrogens (tertiary/aromatic N) is 3. The monoisotopic (exact) mass is 432 g/mol. The van der Waals surface area contributed by atoms with E-state index in [1.807, 2.05) is 0 Å². The zero-order chi connectivity index (χ0) is 26.1. The van der Waals surface area contributed by atoms with E-state index in [1.165, 1.54) is 12.1 Å². The minimum atomic E-state index is -2.10. The third-order valence-electron chi connectivity index (χ3n) is 5.69. The van der Waals surface area contributed by atoms with E-state index < -0.39 is 36.7 Å². The first-order valence-electron chi connectivity index (χ1n) is 13.0. The third-order valence-corrected chi connectivity index (χ3v) is 5.69. The first-order chi connectivity index (χ1) is 16.9. The van der Waals surface area contributed by atoms with Crippen LogP contribution in [0.1, 0.15) is 62.1 Å². The number of carbonyl (C=O) groups excluding carboxylic acids is 2. The number of nitrogens with one attached hydrogen (secondary N) is 2. The molecule has 2 N–H and O–H groups in total. The van der Waals surface area contributed by atoms with Crippen molar-refractivity contribution in [2.75, 3.05) is 13.1 Å². The lowest BCUT2D eigenvalue weighted by Crippen LogP contribution is -2.51. The van der Waals surface area contributed by atoms with Gasteiger partial charge in [-0.3, -0.25) is 0 Å². The number of ether oxygens (including phenoxy) is 2. The second-order valence-electron chi connectivity index (χ2n) is 7.72. The van der Waals surface area contributed by atoms with Gasteiger partial charge < -0.3 is 14.8 Å². The van der Waals surface area contributed by atoms with Gasteiger partial charge in [0.15, 0.2) is 5.82 Å². The average molecular weight is 433 g/mol. The molecule has 2 heterocycles. The Morgan fingerprint density at radius 3 is 2.97 bits per heavy atom. The topological polar surface area (TPSA) is 119 Å². The highest BCUT2D eigenvalue weighted by molar-refractivity contribution is 5.93. The van der Waals surface area contributed by atoms with Crippen molar-refractivity contribution in [3.05, 3.63) is 35.7 Å². The molecule has 4 rings (SSSR count). The summed E-state index contributed by atoms with van der Waals surface area (Å²) in [7, 11) is 0. The van der Waals surface area contributed by atoms with Crippen molar-refractivity contribution < 1.29 is 25.9 Å². The second kappa shape index (κ2) is 10.00. The van der Waals surface area contributed by atoms with Gasteiger partial charge in [-0.1, -0.05) is 23.8 Å². The summed E-state index contributed by atoms with van der Waals surface area (Å²) < 4.78 is 53.0. The number of para-hydroxylation sites is 1. The van der Waals surface area contributed by atoms with Crippen molar-refractivity contribution in [2.24, 2.45) is 17.8 Å². The molecule has 0 amide bonds. The Hall–Kier alpha value is -2.81. The molecule has 1 saturated heterocycles. The highest BCUT2D eigenvalue weighted by atomic mass is 16.5. The summed E-state index contributed by atoms with van der Waals surface area (Å²) in [6.45, 7) is -0.219. The van der Waals surface area contributed by atoms with Crippen molar-refractivity contribution in [2.45, 2.75) is 51.4 Å². The maximum atomic E-state index is 13.2. The average Bonchev–Trinajstić information content (AvgIpc) is 3.34. The number of esters is 2. The standard InChI is InChI=1S/C22H29N5O4/c1-2-30-21(28)17-5-3-4-6-19(17)31-22(29)18-12-16-11-14(7-9-15(16)13-23-18)8-10-20-24-26-27-25-20/h3-6,14-16,18,23H,2,7-13H2,1H3,(H,24,25,26,27)/t14-,15+,16-,18+/m1/s1/i10D2,13D2,18D. The Morgan fingerprint density at radius 2 is 2.16 bits per heavy atom. The Morgan fingerprint density at radius 1 is 1.29 bits per heavy atom. The normalized spacial score (nSPS) is 32.3. The molecule has 1 aliphatic carbocycles. The van der Waals surface area contributed by atoms with Gasteiger partial charge >= 0.3 is 11.9 Å². The van der Waals surface area contributed by atoms with Crippen LogP contribution in [0.2, 0.25) is 0 Å². The van der Waals surface area contributed by atoms with Crippen molar-refractivity contribution in [3.63, 3.8) is 0 Å². The molecule has 2 fully saturated rings. The summed E-state index contributed by atoms with van der Waals surface area (Å²) in [5.41, 5.74) is 0.0365. The van der Waals surface area contributed by atoms with Gasteiger partial charge in [0.25, 0.3) is 0 Å². The number of hydrogen-bond acceptors (Lipinski definition) is 8. The molecule has 2 aromatic rings. The minimum Gasteiger partial charge on any atom is -0.462 e. The predicted molar refractivity (Wildman–Crippen MR) is 111 cm³/mol. The fourth-order valence-corrected chi connectivity index (χ4v) is 4.16. The van der Waals surface area contributed by atoms with Gasteiger partial charge in [0.1, 0.15) is 17.3 Å². The van der Waals surface area contributed by atoms with Gasteiger partial charge in [-0.25, -0.2) is 9.59 Å². The number of carbonyl (C=O) groups is 2. The van der Waals surface area contributed by atoms with Crippen LogP contribution in [-0.4, -0.2) is 51.7 Å². The van der Waals surface area contributed by atoms with Gasteiger partial charge in [0, 0.05) is 11.9 Å². The van der Waals surface area contributed by atoms with E-state index >= 15 is 0 Å². The van der Waals surface area contributed by atoms with Crippen LogP contribution in [0.5, 0.6) is 5.75 Å². The zero-order valence-electron chi connectivity index (χ0n) is 22.3. The van der Waals surface area contributed by atoms with Crippen LogP contribution in [0.3, 0.4) is 0 Å². The Kier molecular flexibility index (Phi) is 5.13. The molecule has 0 spiro atoms. The summed E-state index contributed by atoms with van der Waals surface area (Å²) >= 11 is 0. The minimum absolute atomic E-state index is 0.0146. The molecule has 1 saturated carbocycles. The van der Waals surface area contributed by atoms with Gasteiger partial charge in [0.2, 0.25) is 0 Å². The molecule has 0 radical (unpaired) electrons. The van der Waals surface area contributed by atoms with Crippen LogP contribution < -0.4 is 10.1 Å². The largest absolute Gasteiger partial charge is 0.462 e. The molecular weight excluding hydrogens is 398 g/mol. The number of aryl methyl sites for hydroxylation is 1. The predicted octanol–water partition coefficient (Wildman–Crippen LogP) is 2.31. The van der Waals surface area contributed by atoms with Gasteiger partial charge in [0.05, 0.1) is 7.98 Å². The van der Waals surface area contributed by atoms with Crippen molar-refractivity contribution in [1.29, 1.82) is 0 Å². The van der Waals surface area contributed by atoms with E-state index in [0.717, 1.165) is 0 Å². The second-order valence-corrected chi connectivity index (χ2v) is 7.72. The molecule has 0 unspecified atom stereocenters. The van der Waals surface area contributed by atoms with E-state index in [-0.39, 0.29) is 48.4 Å². The van der Waals surface area contributed by atoms with Crippen LogP contribution in [0, 0.1) is 17.8 Å².